The molecule has 0 aliphatic heterocycles. The minimum Gasteiger partial charge on any atom is -0.319 e. The molecular formula is C15H19BrN4. The molecule has 0 saturated carbocycles. The molecule has 4 nitrogen and oxygen atoms in total. The van der Waals surface area contributed by atoms with Crippen molar-refractivity contribution in [1.29, 1.82) is 0 Å². The highest BCUT2D eigenvalue weighted by atomic mass is 79.9. The minimum absolute atomic E-state index is 0.226. The van der Waals surface area contributed by atoms with Crippen LogP contribution in [0.25, 0.3) is 0 Å². The van der Waals surface area contributed by atoms with Gasteiger partial charge in [0.2, 0.25) is 0 Å². The number of hydrogen-bond acceptors (Lipinski definition) is 3. The maximum Gasteiger partial charge on any atom is 0.149 e. The van der Waals surface area contributed by atoms with Crippen molar-refractivity contribution in [2.24, 2.45) is 7.05 Å². The monoisotopic (exact) mass is 334 g/mol. The highest BCUT2D eigenvalue weighted by molar-refractivity contribution is 9.10. The SMILES string of the molecule is CC(NC1CCc2cc(Br)ccc2C1)c1nncn1C. The van der Waals surface area contributed by atoms with Gasteiger partial charge in [-0.05, 0) is 49.4 Å². The van der Waals surface area contributed by atoms with E-state index in [-0.39, 0.29) is 6.04 Å². The third-order valence-corrected chi connectivity index (χ3v) is 4.51. The lowest BCUT2D eigenvalue weighted by atomic mass is 9.88. The predicted molar refractivity (Wildman–Crippen MR) is 82.5 cm³/mol. The average Bonchev–Trinajstić information content (AvgIpc) is 2.85. The smallest absolute Gasteiger partial charge is 0.149 e. The molecule has 5 heteroatoms. The van der Waals surface area contributed by atoms with Gasteiger partial charge in [-0.1, -0.05) is 22.0 Å². The molecule has 0 saturated heterocycles. The Bertz CT molecular complexity index is 608. The topological polar surface area (TPSA) is 42.7 Å². The van der Waals surface area contributed by atoms with E-state index in [0.29, 0.717) is 6.04 Å². The van der Waals surface area contributed by atoms with Crippen LogP contribution in [0.5, 0.6) is 0 Å². The fraction of sp³-hybridized carbons (Fsp3) is 0.467. The van der Waals surface area contributed by atoms with E-state index in [9.17, 15) is 0 Å². The van der Waals surface area contributed by atoms with Crippen molar-refractivity contribution in [1.82, 2.24) is 20.1 Å². The van der Waals surface area contributed by atoms with Gasteiger partial charge in [-0.15, -0.1) is 10.2 Å². The molecule has 2 aromatic rings. The Morgan fingerprint density at radius 3 is 3.00 bits per heavy atom. The van der Waals surface area contributed by atoms with Crippen LogP contribution in [-0.4, -0.2) is 20.8 Å². The summed E-state index contributed by atoms with van der Waals surface area (Å²) in [6, 6.07) is 7.35. The van der Waals surface area contributed by atoms with Crippen molar-refractivity contribution < 1.29 is 0 Å². The van der Waals surface area contributed by atoms with Crippen molar-refractivity contribution >= 4 is 15.9 Å². The molecule has 1 heterocycles. The fourth-order valence-corrected chi connectivity index (χ4v) is 3.39. The van der Waals surface area contributed by atoms with Crippen molar-refractivity contribution in [2.75, 3.05) is 0 Å². The van der Waals surface area contributed by atoms with Gasteiger partial charge in [0.1, 0.15) is 12.2 Å². The Balaban J connectivity index is 1.69. The number of hydrogen-bond donors (Lipinski definition) is 1. The molecule has 106 valence electrons. The summed E-state index contributed by atoms with van der Waals surface area (Å²) in [5.41, 5.74) is 2.94. The third-order valence-electron chi connectivity index (χ3n) is 4.02. The fourth-order valence-electron chi connectivity index (χ4n) is 2.98. The third kappa shape index (κ3) is 2.79. The van der Waals surface area contributed by atoms with Crippen LogP contribution in [0.2, 0.25) is 0 Å². The van der Waals surface area contributed by atoms with Gasteiger partial charge in [0.15, 0.2) is 0 Å². The van der Waals surface area contributed by atoms with Crippen LogP contribution >= 0.6 is 15.9 Å². The zero-order valence-electron chi connectivity index (χ0n) is 11.8. The summed E-state index contributed by atoms with van der Waals surface area (Å²) in [6.07, 6.45) is 5.15. The highest BCUT2D eigenvalue weighted by Gasteiger charge is 2.22. The normalized spacial score (nSPS) is 19.6. The molecule has 0 fully saturated rings. The molecule has 0 bridgehead atoms. The van der Waals surface area contributed by atoms with Crippen molar-refractivity contribution in [3.63, 3.8) is 0 Å². The number of fused-ring (bicyclic) bond motifs is 1. The first kappa shape index (κ1) is 13.8. The zero-order chi connectivity index (χ0) is 14.1. The maximum atomic E-state index is 4.18. The van der Waals surface area contributed by atoms with E-state index < -0.39 is 0 Å². The minimum atomic E-state index is 0.226. The largest absolute Gasteiger partial charge is 0.319 e. The molecule has 3 rings (SSSR count). The zero-order valence-corrected chi connectivity index (χ0v) is 13.4. The van der Waals surface area contributed by atoms with E-state index in [1.54, 1.807) is 6.33 Å². The predicted octanol–water partition coefficient (Wildman–Crippen LogP) is 2.79. The second-order valence-electron chi connectivity index (χ2n) is 5.54. The van der Waals surface area contributed by atoms with Gasteiger partial charge in [-0.25, -0.2) is 0 Å². The van der Waals surface area contributed by atoms with Gasteiger partial charge in [0, 0.05) is 17.6 Å². The first-order valence-corrected chi connectivity index (χ1v) is 7.80. The quantitative estimate of drug-likeness (QED) is 0.938. The summed E-state index contributed by atoms with van der Waals surface area (Å²) in [7, 11) is 1.99. The van der Waals surface area contributed by atoms with Gasteiger partial charge in [0.05, 0.1) is 6.04 Å². The number of benzene rings is 1. The first-order valence-electron chi connectivity index (χ1n) is 7.00. The number of nitrogens with zero attached hydrogens (tertiary/aromatic N) is 3. The molecule has 2 unspecified atom stereocenters. The van der Waals surface area contributed by atoms with E-state index in [1.165, 1.54) is 22.0 Å². The lowest BCUT2D eigenvalue weighted by Crippen LogP contribution is -2.37. The molecule has 0 amide bonds. The van der Waals surface area contributed by atoms with Gasteiger partial charge >= 0.3 is 0 Å². The summed E-state index contributed by atoms with van der Waals surface area (Å²) in [5.74, 6) is 0.992. The number of aryl methyl sites for hydroxylation is 2. The molecule has 1 aromatic heterocycles. The summed E-state index contributed by atoms with van der Waals surface area (Å²) < 4.78 is 3.15. The van der Waals surface area contributed by atoms with Gasteiger partial charge < -0.3 is 9.88 Å². The molecule has 0 radical (unpaired) electrons. The summed E-state index contributed by atoms with van der Waals surface area (Å²) in [4.78, 5) is 0. The lowest BCUT2D eigenvalue weighted by molar-refractivity contribution is 0.399. The van der Waals surface area contributed by atoms with E-state index in [2.05, 4.69) is 56.6 Å². The molecule has 1 aliphatic rings. The van der Waals surface area contributed by atoms with Crippen LogP contribution in [0, 0.1) is 0 Å². The average molecular weight is 335 g/mol. The van der Waals surface area contributed by atoms with Crippen LogP contribution in [0.4, 0.5) is 0 Å². The standard InChI is InChI=1S/C15H19BrN4/c1-10(15-19-17-9-20(15)2)18-14-6-4-11-7-13(16)5-3-12(11)8-14/h3,5,7,9-10,14,18H,4,6,8H2,1-2H3. The Labute approximate surface area is 127 Å². The second-order valence-corrected chi connectivity index (χ2v) is 6.46. The van der Waals surface area contributed by atoms with E-state index in [1.807, 2.05) is 11.6 Å². The summed E-state index contributed by atoms with van der Waals surface area (Å²) >= 11 is 3.55. The van der Waals surface area contributed by atoms with E-state index in [0.717, 1.165) is 18.7 Å². The molecule has 2 atom stereocenters. The Morgan fingerprint density at radius 2 is 2.25 bits per heavy atom. The van der Waals surface area contributed by atoms with E-state index in [4.69, 9.17) is 0 Å². The Kier molecular flexibility index (Phi) is 3.89. The lowest BCUT2D eigenvalue weighted by Gasteiger charge is -2.28. The van der Waals surface area contributed by atoms with Crippen LogP contribution < -0.4 is 5.32 Å². The summed E-state index contributed by atoms with van der Waals surface area (Å²) in [5, 5.41) is 11.8. The number of rotatable bonds is 3. The maximum absolute atomic E-state index is 4.18. The van der Waals surface area contributed by atoms with E-state index >= 15 is 0 Å². The number of aromatic nitrogens is 3. The van der Waals surface area contributed by atoms with Crippen molar-refractivity contribution in [2.45, 2.75) is 38.3 Å². The van der Waals surface area contributed by atoms with Gasteiger partial charge in [0.25, 0.3) is 0 Å². The summed E-state index contributed by atoms with van der Waals surface area (Å²) in [6.45, 7) is 2.15. The molecule has 1 N–H and O–H groups in total. The number of halogens is 1. The van der Waals surface area contributed by atoms with Gasteiger partial charge in [-0.3, -0.25) is 0 Å². The van der Waals surface area contributed by atoms with Crippen LogP contribution in [-0.2, 0) is 19.9 Å². The molecule has 0 spiro atoms. The van der Waals surface area contributed by atoms with Crippen LogP contribution in [0.1, 0.15) is 36.3 Å². The second kappa shape index (κ2) is 5.66. The molecule has 1 aromatic carbocycles. The van der Waals surface area contributed by atoms with Gasteiger partial charge in [-0.2, -0.15) is 0 Å². The molecule has 1 aliphatic carbocycles. The first-order chi connectivity index (χ1) is 9.63. The Morgan fingerprint density at radius 1 is 1.40 bits per heavy atom. The Hall–Kier alpha value is -1.20. The van der Waals surface area contributed by atoms with Crippen LogP contribution in [0.3, 0.4) is 0 Å². The highest BCUT2D eigenvalue weighted by Crippen LogP contribution is 2.25. The van der Waals surface area contributed by atoms with Crippen molar-refractivity contribution in [3.8, 4) is 0 Å². The van der Waals surface area contributed by atoms with Crippen LogP contribution in [0.15, 0.2) is 29.0 Å². The van der Waals surface area contributed by atoms with Crippen molar-refractivity contribution in [3.05, 3.63) is 46.0 Å². The number of nitrogens with one attached hydrogen (secondary N) is 1. The molecule has 20 heavy (non-hydrogen) atoms. The molecular weight excluding hydrogens is 316 g/mol.